The molecular formula is C16H15N3. The van der Waals surface area contributed by atoms with Gasteiger partial charge in [0.1, 0.15) is 12.1 Å². The van der Waals surface area contributed by atoms with E-state index in [9.17, 15) is 0 Å². The van der Waals surface area contributed by atoms with Crippen LogP contribution in [0.1, 0.15) is 11.1 Å². The molecule has 94 valence electrons. The first kappa shape index (κ1) is 11.7. The summed E-state index contributed by atoms with van der Waals surface area (Å²) in [6.07, 6.45) is 1.60. The topological polar surface area (TPSA) is 37.8 Å². The summed E-state index contributed by atoms with van der Waals surface area (Å²) in [4.78, 5) is 8.67. The monoisotopic (exact) mass is 249 g/mol. The fourth-order valence-corrected chi connectivity index (χ4v) is 2.11. The summed E-state index contributed by atoms with van der Waals surface area (Å²) in [5, 5.41) is 4.42. The third-order valence-corrected chi connectivity index (χ3v) is 3.19. The number of nitrogens with zero attached hydrogens (tertiary/aromatic N) is 2. The maximum atomic E-state index is 4.35. The predicted molar refractivity (Wildman–Crippen MR) is 78.7 cm³/mol. The van der Waals surface area contributed by atoms with Gasteiger partial charge in [-0.05, 0) is 43.2 Å². The molecule has 19 heavy (non-hydrogen) atoms. The molecule has 1 heterocycles. The third kappa shape index (κ3) is 2.27. The van der Waals surface area contributed by atoms with E-state index in [0.717, 1.165) is 22.4 Å². The van der Waals surface area contributed by atoms with Crippen molar-refractivity contribution in [2.75, 3.05) is 5.32 Å². The molecule has 3 heteroatoms. The first-order valence-electron chi connectivity index (χ1n) is 6.28. The van der Waals surface area contributed by atoms with Crippen LogP contribution in [0.25, 0.3) is 10.9 Å². The van der Waals surface area contributed by atoms with Crippen LogP contribution in [-0.4, -0.2) is 9.97 Å². The van der Waals surface area contributed by atoms with Gasteiger partial charge in [0.05, 0.1) is 5.52 Å². The second-order valence-electron chi connectivity index (χ2n) is 4.68. The van der Waals surface area contributed by atoms with Gasteiger partial charge in [-0.15, -0.1) is 0 Å². The van der Waals surface area contributed by atoms with Crippen LogP contribution in [0.4, 0.5) is 11.5 Å². The summed E-state index contributed by atoms with van der Waals surface area (Å²) in [5.41, 5.74) is 4.43. The van der Waals surface area contributed by atoms with E-state index >= 15 is 0 Å². The number of aromatic nitrogens is 2. The van der Waals surface area contributed by atoms with Crippen molar-refractivity contribution < 1.29 is 0 Å². The van der Waals surface area contributed by atoms with Crippen LogP contribution < -0.4 is 5.32 Å². The minimum absolute atomic E-state index is 0.847. The number of aryl methyl sites for hydroxylation is 2. The highest BCUT2D eigenvalue weighted by molar-refractivity contribution is 5.91. The Labute approximate surface area is 112 Å². The van der Waals surface area contributed by atoms with Gasteiger partial charge in [-0.3, -0.25) is 0 Å². The lowest BCUT2D eigenvalue weighted by molar-refractivity contribution is 1.21. The van der Waals surface area contributed by atoms with Crippen LogP contribution in [0.15, 0.2) is 48.8 Å². The molecule has 0 spiro atoms. The molecule has 0 aliphatic heterocycles. The largest absolute Gasteiger partial charge is 0.339 e. The Bertz CT molecular complexity index is 735. The van der Waals surface area contributed by atoms with Gasteiger partial charge in [-0.2, -0.15) is 0 Å². The highest BCUT2D eigenvalue weighted by Gasteiger charge is 2.05. The molecule has 0 aliphatic rings. The van der Waals surface area contributed by atoms with Crippen LogP contribution in [0.3, 0.4) is 0 Å². The zero-order valence-corrected chi connectivity index (χ0v) is 11.0. The molecule has 3 nitrogen and oxygen atoms in total. The zero-order chi connectivity index (χ0) is 13.2. The lowest BCUT2D eigenvalue weighted by atomic mass is 10.1. The molecule has 0 bridgehead atoms. The lowest BCUT2D eigenvalue weighted by Crippen LogP contribution is -1.97. The molecule has 0 saturated carbocycles. The highest BCUT2D eigenvalue weighted by atomic mass is 15.0. The smallest absolute Gasteiger partial charge is 0.141 e. The molecule has 2 aromatic carbocycles. The maximum Gasteiger partial charge on any atom is 0.141 e. The number of rotatable bonds is 2. The van der Waals surface area contributed by atoms with E-state index in [1.807, 2.05) is 12.1 Å². The van der Waals surface area contributed by atoms with Crippen LogP contribution >= 0.6 is 0 Å². The first-order valence-corrected chi connectivity index (χ1v) is 6.28. The molecule has 0 unspecified atom stereocenters. The van der Waals surface area contributed by atoms with E-state index in [4.69, 9.17) is 0 Å². The third-order valence-electron chi connectivity index (χ3n) is 3.19. The van der Waals surface area contributed by atoms with Gasteiger partial charge in [0.2, 0.25) is 0 Å². The lowest BCUT2D eigenvalue weighted by Gasteiger charge is -2.10. The second-order valence-corrected chi connectivity index (χ2v) is 4.68. The predicted octanol–water partition coefficient (Wildman–Crippen LogP) is 3.99. The summed E-state index contributed by atoms with van der Waals surface area (Å²) >= 11 is 0. The van der Waals surface area contributed by atoms with E-state index in [2.05, 4.69) is 59.5 Å². The molecular weight excluding hydrogens is 234 g/mol. The number of anilines is 2. The summed E-state index contributed by atoms with van der Waals surface area (Å²) < 4.78 is 0. The number of fused-ring (bicyclic) bond motifs is 1. The molecule has 1 aromatic heterocycles. The van der Waals surface area contributed by atoms with Gasteiger partial charge in [0, 0.05) is 11.1 Å². The molecule has 3 aromatic rings. The Balaban J connectivity index is 2.09. The maximum absolute atomic E-state index is 4.35. The van der Waals surface area contributed by atoms with Crippen molar-refractivity contribution in [3.05, 3.63) is 59.9 Å². The Morgan fingerprint density at radius 1 is 0.947 bits per heavy atom. The number of benzene rings is 2. The summed E-state index contributed by atoms with van der Waals surface area (Å²) in [6, 6.07) is 14.4. The SMILES string of the molecule is Cc1ccc2c(Nc3ccccc3C)ncnc2c1. The Morgan fingerprint density at radius 3 is 2.63 bits per heavy atom. The molecule has 0 fully saturated rings. The van der Waals surface area contributed by atoms with Crippen LogP contribution in [0.5, 0.6) is 0 Å². The summed E-state index contributed by atoms with van der Waals surface area (Å²) in [6.45, 7) is 4.14. The fourth-order valence-electron chi connectivity index (χ4n) is 2.11. The Kier molecular flexibility index (Phi) is 2.88. The van der Waals surface area contributed by atoms with Gasteiger partial charge in [0.15, 0.2) is 0 Å². The molecule has 0 atom stereocenters. The average molecular weight is 249 g/mol. The molecule has 0 saturated heterocycles. The number of para-hydroxylation sites is 1. The zero-order valence-electron chi connectivity index (χ0n) is 11.0. The molecule has 3 rings (SSSR count). The van der Waals surface area contributed by atoms with Gasteiger partial charge in [-0.25, -0.2) is 9.97 Å². The molecule has 0 aliphatic carbocycles. The van der Waals surface area contributed by atoms with Crippen molar-refractivity contribution in [2.45, 2.75) is 13.8 Å². The highest BCUT2D eigenvalue weighted by Crippen LogP contribution is 2.25. The summed E-state index contributed by atoms with van der Waals surface area (Å²) in [7, 11) is 0. The molecule has 1 N–H and O–H groups in total. The van der Waals surface area contributed by atoms with E-state index < -0.39 is 0 Å². The van der Waals surface area contributed by atoms with E-state index in [-0.39, 0.29) is 0 Å². The minimum Gasteiger partial charge on any atom is -0.339 e. The molecule has 0 radical (unpaired) electrons. The van der Waals surface area contributed by atoms with Crippen molar-refractivity contribution in [1.29, 1.82) is 0 Å². The van der Waals surface area contributed by atoms with Gasteiger partial charge in [-0.1, -0.05) is 24.3 Å². The summed E-state index contributed by atoms with van der Waals surface area (Å²) in [5.74, 6) is 0.847. The van der Waals surface area contributed by atoms with E-state index in [0.29, 0.717) is 0 Å². The second kappa shape index (κ2) is 4.69. The minimum atomic E-state index is 0.847. The number of hydrogen-bond donors (Lipinski definition) is 1. The number of hydrogen-bond acceptors (Lipinski definition) is 3. The van der Waals surface area contributed by atoms with Crippen LogP contribution in [0, 0.1) is 13.8 Å². The van der Waals surface area contributed by atoms with Gasteiger partial charge in [0.25, 0.3) is 0 Å². The van der Waals surface area contributed by atoms with Gasteiger partial charge < -0.3 is 5.32 Å². The fraction of sp³-hybridized carbons (Fsp3) is 0.125. The Morgan fingerprint density at radius 2 is 1.79 bits per heavy atom. The van der Waals surface area contributed by atoms with Crippen LogP contribution in [0.2, 0.25) is 0 Å². The first-order chi connectivity index (χ1) is 9.24. The standard InChI is InChI=1S/C16H15N3/c1-11-7-8-13-15(9-11)17-10-18-16(13)19-14-6-4-3-5-12(14)2/h3-10H,1-2H3,(H,17,18,19). The van der Waals surface area contributed by atoms with Gasteiger partial charge >= 0.3 is 0 Å². The van der Waals surface area contributed by atoms with Crippen LogP contribution in [-0.2, 0) is 0 Å². The van der Waals surface area contributed by atoms with Crippen molar-refractivity contribution in [3.8, 4) is 0 Å². The molecule has 0 amide bonds. The average Bonchev–Trinajstić information content (AvgIpc) is 2.41. The van der Waals surface area contributed by atoms with Crippen molar-refractivity contribution in [2.24, 2.45) is 0 Å². The Hall–Kier alpha value is -2.42. The normalized spacial score (nSPS) is 10.6. The van der Waals surface area contributed by atoms with E-state index in [1.54, 1.807) is 6.33 Å². The van der Waals surface area contributed by atoms with Crippen molar-refractivity contribution in [1.82, 2.24) is 9.97 Å². The van der Waals surface area contributed by atoms with E-state index in [1.165, 1.54) is 11.1 Å². The van der Waals surface area contributed by atoms with Crippen molar-refractivity contribution >= 4 is 22.4 Å². The van der Waals surface area contributed by atoms with Crippen molar-refractivity contribution in [3.63, 3.8) is 0 Å². The number of nitrogens with one attached hydrogen (secondary N) is 1. The quantitative estimate of drug-likeness (QED) is 0.746.